The van der Waals surface area contributed by atoms with Gasteiger partial charge in [-0.2, -0.15) is 23.7 Å². The van der Waals surface area contributed by atoms with Gasteiger partial charge in [0.2, 0.25) is 0 Å². The van der Waals surface area contributed by atoms with Crippen LogP contribution in [0.5, 0.6) is 17.2 Å². The molecule has 0 spiro atoms. The highest BCUT2D eigenvalue weighted by Gasteiger charge is 2.31. The molecule has 0 aliphatic rings. The molecule has 0 amide bonds. The number of ether oxygens (including phenoxy) is 2. The maximum atomic E-state index is 12.7. The molecule has 0 aromatic heterocycles. The zero-order chi connectivity index (χ0) is 20.2. The van der Waals surface area contributed by atoms with E-state index in [4.69, 9.17) is 25.1 Å². The van der Waals surface area contributed by atoms with E-state index in [2.05, 4.69) is 0 Å². The minimum Gasteiger partial charge on any atom is -0.479 e. The third kappa shape index (κ3) is 4.67. The molecule has 1 unspecified atom stereocenters. The number of carbonyl (C=O) groups is 1. The second-order valence-electron chi connectivity index (χ2n) is 5.29. The van der Waals surface area contributed by atoms with Gasteiger partial charge in [0.1, 0.15) is 29.4 Å². The van der Waals surface area contributed by atoms with Crippen LogP contribution >= 0.6 is 0 Å². The Labute approximate surface area is 151 Å². The van der Waals surface area contributed by atoms with Crippen LogP contribution in [0.15, 0.2) is 36.4 Å². The fourth-order valence-electron chi connectivity index (χ4n) is 2.01. The minimum atomic E-state index is -4.60. The fraction of sp³-hybridized carbons (Fsp3) is 0.167. The Morgan fingerprint density at radius 2 is 1.74 bits per heavy atom. The largest absolute Gasteiger partial charge is 0.479 e. The Morgan fingerprint density at radius 3 is 2.30 bits per heavy atom. The number of halogens is 3. The van der Waals surface area contributed by atoms with Crippen LogP contribution in [0.4, 0.5) is 13.2 Å². The first-order valence-corrected chi connectivity index (χ1v) is 7.38. The van der Waals surface area contributed by atoms with Gasteiger partial charge in [-0.15, -0.1) is 0 Å². The summed E-state index contributed by atoms with van der Waals surface area (Å²) in [6.07, 6.45) is -5.85. The molecule has 0 fully saturated rings. The lowest BCUT2D eigenvalue weighted by atomic mass is 10.1. The van der Waals surface area contributed by atoms with Crippen molar-refractivity contribution in [1.29, 1.82) is 10.5 Å². The first-order chi connectivity index (χ1) is 12.7. The van der Waals surface area contributed by atoms with Crippen LogP contribution < -0.4 is 9.47 Å². The SMILES string of the molecule is CC(Oc1cc(Oc2ccc(C(F)(F)F)cc2C#N)ccc1C#N)C(=O)O. The fourth-order valence-corrected chi connectivity index (χ4v) is 2.01. The Bertz CT molecular complexity index is 959. The van der Waals surface area contributed by atoms with Crippen molar-refractivity contribution in [2.45, 2.75) is 19.2 Å². The maximum Gasteiger partial charge on any atom is 0.416 e. The van der Waals surface area contributed by atoms with Crippen molar-refractivity contribution < 1.29 is 32.5 Å². The summed E-state index contributed by atoms with van der Waals surface area (Å²) in [4.78, 5) is 10.9. The van der Waals surface area contributed by atoms with Crippen LogP contribution in [0.3, 0.4) is 0 Å². The molecule has 0 saturated carbocycles. The third-order valence-corrected chi connectivity index (χ3v) is 3.38. The van der Waals surface area contributed by atoms with Crippen LogP contribution in [0.2, 0.25) is 0 Å². The van der Waals surface area contributed by atoms with Crippen LogP contribution in [-0.2, 0) is 11.0 Å². The number of rotatable bonds is 5. The Balaban J connectivity index is 2.37. The molecular formula is C18H11F3N2O4. The average molecular weight is 376 g/mol. The molecule has 1 atom stereocenters. The summed E-state index contributed by atoms with van der Waals surface area (Å²) in [5.41, 5.74) is -1.29. The van der Waals surface area contributed by atoms with Crippen molar-refractivity contribution in [2.24, 2.45) is 0 Å². The molecule has 6 nitrogen and oxygen atoms in total. The van der Waals surface area contributed by atoms with Crippen molar-refractivity contribution in [1.82, 2.24) is 0 Å². The van der Waals surface area contributed by atoms with Crippen LogP contribution in [0.25, 0.3) is 0 Å². The first-order valence-electron chi connectivity index (χ1n) is 7.38. The van der Waals surface area contributed by atoms with Gasteiger partial charge in [0.05, 0.1) is 16.7 Å². The summed E-state index contributed by atoms with van der Waals surface area (Å²) in [7, 11) is 0. The van der Waals surface area contributed by atoms with Gasteiger partial charge in [-0.3, -0.25) is 0 Å². The predicted octanol–water partition coefficient (Wildman–Crippen LogP) is 4.09. The van der Waals surface area contributed by atoms with Crippen molar-refractivity contribution in [3.05, 3.63) is 53.1 Å². The van der Waals surface area contributed by atoms with Gasteiger partial charge in [-0.1, -0.05) is 0 Å². The average Bonchev–Trinajstić information content (AvgIpc) is 2.61. The number of nitriles is 2. The van der Waals surface area contributed by atoms with Gasteiger partial charge in [0.15, 0.2) is 6.10 Å². The minimum absolute atomic E-state index is 0.0448. The van der Waals surface area contributed by atoms with Gasteiger partial charge in [-0.25, -0.2) is 4.79 Å². The van der Waals surface area contributed by atoms with E-state index in [-0.39, 0.29) is 28.4 Å². The summed E-state index contributed by atoms with van der Waals surface area (Å²) in [6, 6.07) is 9.74. The summed E-state index contributed by atoms with van der Waals surface area (Å²) in [6.45, 7) is 1.26. The molecular weight excluding hydrogens is 365 g/mol. The zero-order valence-corrected chi connectivity index (χ0v) is 13.7. The molecule has 9 heteroatoms. The highest BCUT2D eigenvalue weighted by atomic mass is 19.4. The van der Waals surface area contributed by atoms with E-state index in [1.54, 1.807) is 6.07 Å². The monoisotopic (exact) mass is 376 g/mol. The van der Waals surface area contributed by atoms with Crippen LogP contribution in [0, 0.1) is 22.7 Å². The van der Waals surface area contributed by atoms with Crippen molar-refractivity contribution in [3.8, 4) is 29.4 Å². The number of nitrogens with zero attached hydrogens (tertiary/aromatic N) is 2. The first kappa shape index (κ1) is 19.6. The normalized spacial score (nSPS) is 11.8. The number of alkyl halides is 3. The molecule has 2 rings (SSSR count). The molecule has 0 aliphatic carbocycles. The van der Waals surface area contributed by atoms with E-state index in [1.807, 2.05) is 6.07 Å². The zero-order valence-electron chi connectivity index (χ0n) is 13.7. The van der Waals surface area contributed by atoms with Crippen LogP contribution in [-0.4, -0.2) is 17.2 Å². The van der Waals surface area contributed by atoms with E-state index >= 15 is 0 Å². The van der Waals surface area contributed by atoms with E-state index in [0.717, 1.165) is 12.1 Å². The van der Waals surface area contributed by atoms with E-state index in [1.165, 1.54) is 25.1 Å². The van der Waals surface area contributed by atoms with Crippen molar-refractivity contribution in [3.63, 3.8) is 0 Å². The highest BCUT2D eigenvalue weighted by Crippen LogP contribution is 2.35. The molecule has 27 heavy (non-hydrogen) atoms. The lowest BCUT2D eigenvalue weighted by molar-refractivity contribution is -0.144. The standard InChI is InChI=1S/C18H11F3N2O4/c1-10(17(24)25)26-16-7-14(4-2-11(16)8-22)27-15-5-3-13(18(19,20)21)6-12(15)9-23/h2-7,10H,1H3,(H,24,25). The lowest BCUT2D eigenvalue weighted by Crippen LogP contribution is -2.23. The number of carboxylic acids is 1. The number of hydrogen-bond donors (Lipinski definition) is 1. The molecule has 0 radical (unpaired) electrons. The molecule has 2 aromatic rings. The number of hydrogen-bond acceptors (Lipinski definition) is 5. The van der Waals surface area contributed by atoms with Crippen LogP contribution in [0.1, 0.15) is 23.6 Å². The number of benzene rings is 2. The van der Waals surface area contributed by atoms with Gasteiger partial charge in [0, 0.05) is 6.07 Å². The van der Waals surface area contributed by atoms with Crippen molar-refractivity contribution in [2.75, 3.05) is 0 Å². The molecule has 0 saturated heterocycles. The second kappa shape index (κ2) is 7.67. The molecule has 138 valence electrons. The van der Waals surface area contributed by atoms with Gasteiger partial charge < -0.3 is 14.6 Å². The summed E-state index contributed by atoms with van der Waals surface area (Å²) in [5, 5.41) is 27.0. The van der Waals surface area contributed by atoms with Gasteiger partial charge >= 0.3 is 12.1 Å². The van der Waals surface area contributed by atoms with E-state index < -0.39 is 23.8 Å². The molecule has 0 heterocycles. The summed E-state index contributed by atoms with van der Waals surface area (Å²) in [5.74, 6) is -1.40. The molecule has 1 N–H and O–H groups in total. The number of carboxylic acid groups (broad SMARTS) is 1. The van der Waals surface area contributed by atoms with Gasteiger partial charge in [-0.05, 0) is 37.3 Å². The second-order valence-corrected chi connectivity index (χ2v) is 5.29. The Kier molecular flexibility index (Phi) is 5.57. The lowest BCUT2D eigenvalue weighted by Gasteiger charge is -2.14. The summed E-state index contributed by atoms with van der Waals surface area (Å²) < 4.78 is 48.8. The molecule has 0 bridgehead atoms. The predicted molar refractivity (Wildman–Crippen MR) is 85.1 cm³/mol. The quantitative estimate of drug-likeness (QED) is 0.843. The Morgan fingerprint density at radius 1 is 1.07 bits per heavy atom. The maximum absolute atomic E-state index is 12.7. The van der Waals surface area contributed by atoms with Crippen molar-refractivity contribution >= 4 is 5.97 Å². The smallest absolute Gasteiger partial charge is 0.416 e. The van der Waals surface area contributed by atoms with E-state index in [0.29, 0.717) is 6.07 Å². The summed E-state index contributed by atoms with van der Waals surface area (Å²) >= 11 is 0. The number of aliphatic carboxylic acids is 1. The molecule has 2 aromatic carbocycles. The third-order valence-electron chi connectivity index (χ3n) is 3.38. The molecule has 0 aliphatic heterocycles. The van der Waals surface area contributed by atoms with E-state index in [9.17, 15) is 18.0 Å². The Hall–Kier alpha value is -3.72. The topological polar surface area (TPSA) is 103 Å². The highest BCUT2D eigenvalue weighted by molar-refractivity contribution is 5.72. The van der Waals surface area contributed by atoms with Gasteiger partial charge in [0.25, 0.3) is 0 Å².